The van der Waals surface area contributed by atoms with E-state index >= 15 is 0 Å². The molecular weight excluding hydrogens is 701 g/mol. The standard InChI is InChI=1S/C51H30N4O2/c1-3-13-31(14-4-1)49-52-50(32-15-5-2-6-16-32)54-51(53-49)41-22-12-21-40-39-20-11-19-35(47(39)57-48(40)41)33-25-27-38-42-30-34(26-28-45(42)56-46(38)29-33)55-43-23-9-7-17-36(43)37-18-8-10-24-44(37)55/h1-30H. The number of para-hydroxylation sites is 4. The topological polar surface area (TPSA) is 69.9 Å². The third kappa shape index (κ3) is 4.94. The van der Waals surface area contributed by atoms with Crippen molar-refractivity contribution in [2.75, 3.05) is 0 Å². The molecule has 6 heteroatoms. The van der Waals surface area contributed by atoms with E-state index < -0.39 is 0 Å². The summed E-state index contributed by atoms with van der Waals surface area (Å²) in [5, 5.41) is 6.63. The SMILES string of the molecule is c1ccc(-c2nc(-c3ccccc3)nc(-c3cccc4c3oc3c(-c5ccc6c(c5)oc5ccc(-n7c8ccccc8c8ccccc87)cc56)cccc34)n2)cc1. The van der Waals surface area contributed by atoms with Crippen LogP contribution in [-0.2, 0) is 0 Å². The maximum Gasteiger partial charge on any atom is 0.167 e. The third-order valence-electron chi connectivity index (χ3n) is 11.1. The van der Waals surface area contributed by atoms with Crippen LogP contribution in [-0.4, -0.2) is 19.5 Å². The summed E-state index contributed by atoms with van der Waals surface area (Å²) in [5.41, 5.74) is 11.3. The van der Waals surface area contributed by atoms with Crippen molar-refractivity contribution in [1.29, 1.82) is 0 Å². The minimum absolute atomic E-state index is 0.554. The van der Waals surface area contributed by atoms with Gasteiger partial charge < -0.3 is 13.4 Å². The van der Waals surface area contributed by atoms with Crippen LogP contribution in [0, 0.1) is 0 Å². The van der Waals surface area contributed by atoms with Crippen molar-refractivity contribution in [2.45, 2.75) is 0 Å². The van der Waals surface area contributed by atoms with Crippen molar-refractivity contribution < 1.29 is 8.83 Å². The van der Waals surface area contributed by atoms with Gasteiger partial charge in [-0.25, -0.2) is 15.0 Å². The first-order valence-electron chi connectivity index (χ1n) is 19.0. The fourth-order valence-corrected chi connectivity index (χ4v) is 8.43. The van der Waals surface area contributed by atoms with Crippen molar-refractivity contribution in [2.24, 2.45) is 0 Å². The van der Waals surface area contributed by atoms with Gasteiger partial charge in [0.2, 0.25) is 0 Å². The quantitative estimate of drug-likeness (QED) is 0.176. The monoisotopic (exact) mass is 730 g/mol. The molecule has 0 unspecified atom stereocenters. The Kier molecular flexibility index (Phi) is 6.83. The molecule has 0 bridgehead atoms. The molecule has 266 valence electrons. The van der Waals surface area contributed by atoms with E-state index in [0.29, 0.717) is 17.5 Å². The lowest BCUT2D eigenvalue weighted by atomic mass is 10.0. The molecule has 0 aliphatic rings. The highest BCUT2D eigenvalue weighted by atomic mass is 16.3. The predicted octanol–water partition coefficient (Wildman–Crippen LogP) is 13.4. The zero-order valence-corrected chi connectivity index (χ0v) is 30.4. The normalized spacial score (nSPS) is 11.9. The molecule has 0 aliphatic carbocycles. The van der Waals surface area contributed by atoms with Crippen LogP contribution in [0.3, 0.4) is 0 Å². The number of fused-ring (bicyclic) bond motifs is 9. The van der Waals surface area contributed by atoms with E-state index in [0.717, 1.165) is 77.4 Å². The minimum Gasteiger partial charge on any atom is -0.456 e. The van der Waals surface area contributed by atoms with Gasteiger partial charge in [0.1, 0.15) is 22.3 Å². The van der Waals surface area contributed by atoms with E-state index in [-0.39, 0.29) is 0 Å². The van der Waals surface area contributed by atoms with Crippen LogP contribution in [0.4, 0.5) is 0 Å². The van der Waals surface area contributed by atoms with Gasteiger partial charge in [-0.2, -0.15) is 0 Å². The molecule has 6 nitrogen and oxygen atoms in total. The molecule has 0 saturated carbocycles. The Morgan fingerprint density at radius 1 is 0.333 bits per heavy atom. The lowest BCUT2D eigenvalue weighted by Crippen LogP contribution is -2.00. The Labute approximate surface area is 325 Å². The van der Waals surface area contributed by atoms with Crippen LogP contribution >= 0.6 is 0 Å². The Morgan fingerprint density at radius 2 is 0.895 bits per heavy atom. The predicted molar refractivity (Wildman–Crippen MR) is 230 cm³/mol. The van der Waals surface area contributed by atoms with Crippen LogP contribution < -0.4 is 0 Å². The molecule has 0 fully saturated rings. The lowest BCUT2D eigenvalue weighted by molar-refractivity contribution is 0.668. The first-order chi connectivity index (χ1) is 28.2. The second-order valence-electron chi connectivity index (χ2n) is 14.4. The van der Waals surface area contributed by atoms with Gasteiger partial charge in [-0.3, -0.25) is 0 Å². The molecule has 0 atom stereocenters. The molecule has 0 radical (unpaired) electrons. The molecule has 0 amide bonds. The molecule has 0 saturated heterocycles. The van der Waals surface area contributed by atoms with E-state index in [4.69, 9.17) is 23.8 Å². The van der Waals surface area contributed by atoms with Crippen molar-refractivity contribution in [3.05, 3.63) is 182 Å². The van der Waals surface area contributed by atoms with E-state index in [9.17, 15) is 0 Å². The Balaban J connectivity index is 0.993. The summed E-state index contributed by atoms with van der Waals surface area (Å²) >= 11 is 0. The van der Waals surface area contributed by atoms with Crippen LogP contribution in [0.5, 0.6) is 0 Å². The fourth-order valence-electron chi connectivity index (χ4n) is 8.43. The first-order valence-corrected chi connectivity index (χ1v) is 19.0. The fraction of sp³-hybridized carbons (Fsp3) is 0. The zero-order chi connectivity index (χ0) is 37.5. The van der Waals surface area contributed by atoms with E-state index in [1.54, 1.807) is 0 Å². The average Bonchev–Trinajstić information content (AvgIpc) is 3.96. The molecule has 4 aromatic heterocycles. The Bertz CT molecular complexity index is 3410. The summed E-state index contributed by atoms with van der Waals surface area (Å²) in [7, 11) is 0. The highest BCUT2D eigenvalue weighted by molar-refractivity contribution is 6.14. The number of hydrogen-bond acceptors (Lipinski definition) is 5. The average molecular weight is 731 g/mol. The van der Waals surface area contributed by atoms with Gasteiger partial charge in [-0.15, -0.1) is 0 Å². The minimum atomic E-state index is 0.554. The summed E-state index contributed by atoms with van der Waals surface area (Å²) in [6.45, 7) is 0. The van der Waals surface area contributed by atoms with Gasteiger partial charge in [-0.05, 0) is 54.1 Å². The van der Waals surface area contributed by atoms with Gasteiger partial charge in [0.15, 0.2) is 17.5 Å². The number of benzene rings is 8. The molecule has 12 aromatic rings. The second kappa shape index (κ2) is 12.3. The van der Waals surface area contributed by atoms with Gasteiger partial charge in [-0.1, -0.05) is 133 Å². The van der Waals surface area contributed by atoms with Gasteiger partial charge in [0, 0.05) is 54.7 Å². The highest BCUT2D eigenvalue weighted by Crippen LogP contribution is 2.42. The van der Waals surface area contributed by atoms with Gasteiger partial charge in [0.05, 0.1) is 16.6 Å². The molecule has 4 heterocycles. The van der Waals surface area contributed by atoms with Crippen molar-refractivity contribution >= 4 is 65.7 Å². The zero-order valence-electron chi connectivity index (χ0n) is 30.4. The maximum absolute atomic E-state index is 6.88. The Hall–Kier alpha value is -7.83. The first kappa shape index (κ1) is 31.5. The molecule has 0 N–H and O–H groups in total. The molecule has 0 spiro atoms. The number of hydrogen-bond donors (Lipinski definition) is 0. The van der Waals surface area contributed by atoms with Crippen LogP contribution in [0.25, 0.3) is 117 Å². The summed E-state index contributed by atoms with van der Waals surface area (Å²) in [4.78, 5) is 14.9. The van der Waals surface area contributed by atoms with Crippen LogP contribution in [0.15, 0.2) is 191 Å². The number of nitrogens with zero attached hydrogens (tertiary/aromatic N) is 4. The van der Waals surface area contributed by atoms with E-state index in [1.165, 1.54) is 21.8 Å². The van der Waals surface area contributed by atoms with Gasteiger partial charge >= 0.3 is 0 Å². The number of aromatic nitrogens is 4. The molecular formula is C51H30N4O2. The highest BCUT2D eigenvalue weighted by Gasteiger charge is 2.20. The lowest BCUT2D eigenvalue weighted by Gasteiger charge is -2.08. The summed E-state index contributed by atoms with van der Waals surface area (Å²) in [6.07, 6.45) is 0. The molecule has 0 aliphatic heterocycles. The number of rotatable bonds is 5. The third-order valence-corrected chi connectivity index (χ3v) is 11.1. The maximum atomic E-state index is 6.88. The summed E-state index contributed by atoms with van der Waals surface area (Å²) < 4.78 is 15.8. The summed E-state index contributed by atoms with van der Waals surface area (Å²) in [6, 6.07) is 62.6. The van der Waals surface area contributed by atoms with Crippen LogP contribution in [0.2, 0.25) is 0 Å². The molecule has 8 aromatic carbocycles. The van der Waals surface area contributed by atoms with Crippen molar-refractivity contribution in [1.82, 2.24) is 19.5 Å². The van der Waals surface area contributed by atoms with E-state index in [2.05, 4.69) is 114 Å². The largest absolute Gasteiger partial charge is 0.456 e. The summed E-state index contributed by atoms with van der Waals surface area (Å²) in [5.74, 6) is 1.77. The number of furan rings is 2. The molecule has 57 heavy (non-hydrogen) atoms. The smallest absolute Gasteiger partial charge is 0.167 e. The Morgan fingerprint density at radius 3 is 1.56 bits per heavy atom. The van der Waals surface area contributed by atoms with E-state index in [1.807, 2.05) is 72.8 Å². The van der Waals surface area contributed by atoms with Gasteiger partial charge in [0.25, 0.3) is 0 Å². The molecule has 12 rings (SSSR count). The van der Waals surface area contributed by atoms with Crippen molar-refractivity contribution in [3.63, 3.8) is 0 Å². The second-order valence-corrected chi connectivity index (χ2v) is 14.4. The van der Waals surface area contributed by atoms with Crippen molar-refractivity contribution in [3.8, 4) is 51.0 Å². The van der Waals surface area contributed by atoms with Crippen LogP contribution in [0.1, 0.15) is 0 Å².